The molecule has 0 aliphatic heterocycles. The van der Waals surface area contributed by atoms with E-state index in [0.29, 0.717) is 0 Å². The van der Waals surface area contributed by atoms with Crippen molar-refractivity contribution in [1.29, 1.82) is 0 Å². The fourth-order valence-corrected chi connectivity index (χ4v) is 2.13. The number of hydrogen-bond donors (Lipinski definition) is 1. The molecule has 0 aromatic heterocycles. The lowest BCUT2D eigenvalue weighted by molar-refractivity contribution is 0.415. The highest BCUT2D eigenvalue weighted by atomic mass is 16.5. The zero-order valence-corrected chi connectivity index (χ0v) is 11.6. The SMILES string of the molecule is CCCNCc1ccccc1-c1ccc(OC)cc1. The van der Waals surface area contributed by atoms with Crippen molar-refractivity contribution in [3.63, 3.8) is 0 Å². The molecule has 0 fully saturated rings. The third-order valence-electron chi connectivity index (χ3n) is 3.16. The summed E-state index contributed by atoms with van der Waals surface area (Å²) in [6.45, 7) is 4.15. The van der Waals surface area contributed by atoms with Crippen molar-refractivity contribution in [2.75, 3.05) is 13.7 Å². The van der Waals surface area contributed by atoms with Crippen LogP contribution in [0.2, 0.25) is 0 Å². The summed E-state index contributed by atoms with van der Waals surface area (Å²) in [6.07, 6.45) is 1.16. The fourth-order valence-electron chi connectivity index (χ4n) is 2.13. The standard InChI is InChI=1S/C17H21NO/c1-3-12-18-13-15-6-4-5-7-17(15)14-8-10-16(19-2)11-9-14/h4-11,18H,3,12-13H2,1-2H3. The van der Waals surface area contributed by atoms with Gasteiger partial charge in [0.25, 0.3) is 0 Å². The average molecular weight is 255 g/mol. The molecule has 19 heavy (non-hydrogen) atoms. The molecule has 100 valence electrons. The highest BCUT2D eigenvalue weighted by Crippen LogP contribution is 2.25. The Morgan fingerprint density at radius 3 is 2.42 bits per heavy atom. The van der Waals surface area contributed by atoms with E-state index < -0.39 is 0 Å². The molecule has 0 aliphatic rings. The van der Waals surface area contributed by atoms with Gasteiger partial charge in [-0.1, -0.05) is 43.3 Å². The molecule has 0 unspecified atom stereocenters. The first-order chi connectivity index (χ1) is 9.35. The molecule has 0 saturated heterocycles. The molecule has 0 spiro atoms. The van der Waals surface area contributed by atoms with Gasteiger partial charge in [0.2, 0.25) is 0 Å². The molecule has 0 atom stereocenters. The van der Waals surface area contributed by atoms with Crippen LogP contribution in [-0.2, 0) is 6.54 Å². The van der Waals surface area contributed by atoms with Crippen LogP contribution in [0.15, 0.2) is 48.5 Å². The second-order valence-electron chi connectivity index (χ2n) is 4.56. The van der Waals surface area contributed by atoms with E-state index in [4.69, 9.17) is 4.74 Å². The third-order valence-corrected chi connectivity index (χ3v) is 3.16. The number of methoxy groups -OCH3 is 1. The summed E-state index contributed by atoms with van der Waals surface area (Å²) in [4.78, 5) is 0. The summed E-state index contributed by atoms with van der Waals surface area (Å²) in [6, 6.07) is 16.8. The minimum atomic E-state index is 0.894. The molecule has 2 heteroatoms. The van der Waals surface area contributed by atoms with Crippen molar-refractivity contribution in [2.24, 2.45) is 0 Å². The first kappa shape index (κ1) is 13.6. The Kier molecular flexibility index (Phi) is 4.99. The lowest BCUT2D eigenvalue weighted by Gasteiger charge is -2.11. The number of ether oxygens (including phenoxy) is 1. The number of hydrogen-bond acceptors (Lipinski definition) is 2. The van der Waals surface area contributed by atoms with Crippen molar-refractivity contribution in [3.05, 3.63) is 54.1 Å². The van der Waals surface area contributed by atoms with Crippen LogP contribution in [0.25, 0.3) is 11.1 Å². The van der Waals surface area contributed by atoms with Crippen molar-refractivity contribution in [1.82, 2.24) is 5.32 Å². The van der Waals surface area contributed by atoms with E-state index in [2.05, 4.69) is 48.6 Å². The summed E-state index contributed by atoms with van der Waals surface area (Å²) in [5.41, 5.74) is 3.85. The van der Waals surface area contributed by atoms with Gasteiger partial charge in [-0.15, -0.1) is 0 Å². The van der Waals surface area contributed by atoms with Gasteiger partial charge >= 0.3 is 0 Å². The lowest BCUT2D eigenvalue weighted by Crippen LogP contribution is -2.14. The first-order valence-electron chi connectivity index (χ1n) is 6.78. The monoisotopic (exact) mass is 255 g/mol. The van der Waals surface area contributed by atoms with Crippen molar-refractivity contribution in [2.45, 2.75) is 19.9 Å². The van der Waals surface area contributed by atoms with Crippen molar-refractivity contribution in [3.8, 4) is 16.9 Å². The Hall–Kier alpha value is -1.80. The average Bonchev–Trinajstić information content (AvgIpc) is 2.48. The van der Waals surface area contributed by atoms with Crippen LogP contribution < -0.4 is 10.1 Å². The molecule has 0 amide bonds. The molecule has 1 N–H and O–H groups in total. The van der Waals surface area contributed by atoms with Crippen LogP contribution in [0.4, 0.5) is 0 Å². The van der Waals surface area contributed by atoms with E-state index in [1.54, 1.807) is 7.11 Å². The predicted molar refractivity (Wildman–Crippen MR) is 80.4 cm³/mol. The Morgan fingerprint density at radius 1 is 1.00 bits per heavy atom. The quantitative estimate of drug-likeness (QED) is 0.791. The second-order valence-corrected chi connectivity index (χ2v) is 4.56. The zero-order chi connectivity index (χ0) is 13.5. The molecule has 0 heterocycles. The number of benzene rings is 2. The smallest absolute Gasteiger partial charge is 0.118 e. The second kappa shape index (κ2) is 6.95. The Morgan fingerprint density at radius 2 is 1.74 bits per heavy atom. The minimum Gasteiger partial charge on any atom is -0.497 e. The zero-order valence-electron chi connectivity index (χ0n) is 11.6. The third kappa shape index (κ3) is 3.58. The summed E-state index contributed by atoms with van der Waals surface area (Å²) in [7, 11) is 1.69. The van der Waals surface area contributed by atoms with Crippen molar-refractivity contribution < 1.29 is 4.74 Å². The lowest BCUT2D eigenvalue weighted by atomic mass is 9.99. The molecule has 0 aliphatic carbocycles. The van der Waals surface area contributed by atoms with Gasteiger partial charge in [-0.2, -0.15) is 0 Å². The van der Waals surface area contributed by atoms with Crippen LogP contribution in [0.5, 0.6) is 5.75 Å². The minimum absolute atomic E-state index is 0.894. The van der Waals surface area contributed by atoms with Gasteiger partial charge in [0, 0.05) is 6.54 Å². The van der Waals surface area contributed by atoms with Gasteiger partial charge in [0.15, 0.2) is 0 Å². The van der Waals surface area contributed by atoms with Gasteiger partial charge in [-0.3, -0.25) is 0 Å². The molecule has 2 aromatic rings. The first-order valence-corrected chi connectivity index (χ1v) is 6.78. The topological polar surface area (TPSA) is 21.3 Å². The van der Waals surface area contributed by atoms with Crippen LogP contribution in [0, 0.1) is 0 Å². The Labute approximate surface area is 115 Å². The van der Waals surface area contributed by atoms with Crippen LogP contribution in [0.3, 0.4) is 0 Å². The van der Waals surface area contributed by atoms with Crippen LogP contribution in [0.1, 0.15) is 18.9 Å². The van der Waals surface area contributed by atoms with Gasteiger partial charge < -0.3 is 10.1 Å². The molecule has 0 bridgehead atoms. The fraction of sp³-hybridized carbons (Fsp3) is 0.294. The maximum Gasteiger partial charge on any atom is 0.118 e. The highest BCUT2D eigenvalue weighted by Gasteiger charge is 2.04. The molecular formula is C17H21NO. The largest absolute Gasteiger partial charge is 0.497 e. The Balaban J connectivity index is 2.22. The molecule has 2 rings (SSSR count). The van der Waals surface area contributed by atoms with E-state index >= 15 is 0 Å². The maximum atomic E-state index is 5.20. The van der Waals surface area contributed by atoms with Gasteiger partial charge in [0.05, 0.1) is 7.11 Å². The Bertz CT molecular complexity index is 505. The normalized spacial score (nSPS) is 10.4. The maximum absolute atomic E-state index is 5.20. The van der Waals surface area contributed by atoms with Gasteiger partial charge in [-0.25, -0.2) is 0 Å². The molecule has 2 nitrogen and oxygen atoms in total. The van der Waals surface area contributed by atoms with Crippen LogP contribution in [-0.4, -0.2) is 13.7 Å². The molecular weight excluding hydrogens is 234 g/mol. The molecule has 2 aromatic carbocycles. The van der Waals surface area contributed by atoms with Crippen molar-refractivity contribution >= 4 is 0 Å². The van der Waals surface area contributed by atoms with Gasteiger partial charge in [-0.05, 0) is 41.8 Å². The summed E-state index contributed by atoms with van der Waals surface area (Å²) < 4.78 is 5.20. The molecule has 0 saturated carbocycles. The van der Waals surface area contributed by atoms with Crippen LogP contribution >= 0.6 is 0 Å². The molecule has 0 radical (unpaired) electrons. The summed E-state index contributed by atoms with van der Waals surface area (Å²) in [5, 5.41) is 3.46. The van der Waals surface area contributed by atoms with E-state index in [1.807, 2.05) is 12.1 Å². The predicted octanol–water partition coefficient (Wildman–Crippen LogP) is 3.86. The number of nitrogens with one attached hydrogen (secondary N) is 1. The van der Waals surface area contributed by atoms with E-state index in [9.17, 15) is 0 Å². The summed E-state index contributed by atoms with van der Waals surface area (Å²) >= 11 is 0. The highest BCUT2D eigenvalue weighted by molar-refractivity contribution is 5.67. The van der Waals surface area contributed by atoms with E-state index in [-0.39, 0.29) is 0 Å². The summed E-state index contributed by atoms with van der Waals surface area (Å²) in [5.74, 6) is 0.894. The van der Waals surface area contributed by atoms with E-state index in [1.165, 1.54) is 16.7 Å². The number of rotatable bonds is 6. The van der Waals surface area contributed by atoms with Gasteiger partial charge in [0.1, 0.15) is 5.75 Å². The van der Waals surface area contributed by atoms with E-state index in [0.717, 1.165) is 25.3 Å².